The summed E-state index contributed by atoms with van der Waals surface area (Å²) in [5.74, 6) is -0.879. The molecule has 5 heteroatoms. The van der Waals surface area contributed by atoms with Crippen molar-refractivity contribution in [3.8, 4) is 0 Å². The molecule has 1 aliphatic rings. The molecule has 90 valence electrons. The number of carboxylic acid groups (broad SMARTS) is 1. The normalized spacial score (nSPS) is 15.9. The van der Waals surface area contributed by atoms with Gasteiger partial charge in [0.25, 0.3) is 0 Å². The van der Waals surface area contributed by atoms with Crippen LogP contribution in [0, 0.1) is 0 Å². The summed E-state index contributed by atoms with van der Waals surface area (Å²) in [6.07, 6.45) is 0.252. The third kappa shape index (κ3) is 2.14. The van der Waals surface area contributed by atoms with Gasteiger partial charge < -0.3 is 15.7 Å². The fraction of sp³-hybridized carbons (Fsp3) is 0.333. The molecule has 0 saturated heterocycles. The number of carbonyl (C=O) groups is 2. The van der Waals surface area contributed by atoms with Crippen LogP contribution < -0.4 is 10.6 Å². The summed E-state index contributed by atoms with van der Waals surface area (Å²) in [7, 11) is 1.73. The predicted molar refractivity (Wildman–Crippen MR) is 62.7 cm³/mol. The lowest BCUT2D eigenvalue weighted by Gasteiger charge is -2.13. The van der Waals surface area contributed by atoms with Crippen LogP contribution in [-0.4, -0.2) is 24.0 Å². The molecule has 3 N–H and O–H groups in total. The minimum Gasteiger partial charge on any atom is -0.481 e. The number of nitrogens with two attached hydrogens (primary N) is 1. The monoisotopic (exact) mass is 234 g/mol. The van der Waals surface area contributed by atoms with Crippen LogP contribution in [0.2, 0.25) is 0 Å². The van der Waals surface area contributed by atoms with Crippen molar-refractivity contribution in [1.82, 2.24) is 0 Å². The largest absolute Gasteiger partial charge is 0.481 e. The quantitative estimate of drug-likeness (QED) is 0.805. The Kier molecular flexibility index (Phi) is 2.85. The number of rotatable bonds is 3. The van der Waals surface area contributed by atoms with Gasteiger partial charge in [0.05, 0.1) is 12.8 Å². The van der Waals surface area contributed by atoms with E-state index in [2.05, 4.69) is 0 Å². The van der Waals surface area contributed by atoms with Crippen molar-refractivity contribution < 1.29 is 14.7 Å². The molecule has 1 aliphatic heterocycles. The maximum Gasteiger partial charge on any atom is 0.305 e. The summed E-state index contributed by atoms with van der Waals surface area (Å²) in [4.78, 5) is 23.7. The summed E-state index contributed by atoms with van der Waals surface area (Å²) in [6.45, 7) is 0. The van der Waals surface area contributed by atoms with Crippen molar-refractivity contribution in [2.75, 3.05) is 11.9 Å². The zero-order chi connectivity index (χ0) is 12.6. The number of benzene rings is 1. The number of likely N-dealkylation sites (N-methyl/N-ethyl adjacent to an activating group) is 1. The fourth-order valence-corrected chi connectivity index (χ4v) is 2.03. The molecule has 1 heterocycles. The third-order valence-electron chi connectivity index (χ3n) is 3.00. The number of hydrogen-bond donors (Lipinski definition) is 2. The molecule has 5 nitrogen and oxygen atoms in total. The highest BCUT2D eigenvalue weighted by molar-refractivity contribution is 6.00. The molecule has 1 amide bonds. The maximum atomic E-state index is 11.5. The van der Waals surface area contributed by atoms with Crippen LogP contribution in [0.25, 0.3) is 0 Å². The van der Waals surface area contributed by atoms with Crippen molar-refractivity contribution in [3.63, 3.8) is 0 Å². The van der Waals surface area contributed by atoms with E-state index in [4.69, 9.17) is 10.8 Å². The van der Waals surface area contributed by atoms with E-state index >= 15 is 0 Å². The Morgan fingerprint density at radius 3 is 2.94 bits per heavy atom. The second kappa shape index (κ2) is 4.18. The number of carbonyl (C=O) groups excluding carboxylic acids is 1. The molecule has 0 fully saturated rings. The standard InChI is InChI=1S/C12H14N2O3/c1-14-10-3-2-7(9(13)6-12(16)17)4-8(10)5-11(14)15/h2-4,9H,5-6,13H2,1H3,(H,16,17). The van der Waals surface area contributed by atoms with Gasteiger partial charge in [0.15, 0.2) is 0 Å². The second-order valence-electron chi connectivity index (χ2n) is 4.22. The van der Waals surface area contributed by atoms with Gasteiger partial charge in [-0.3, -0.25) is 9.59 Å². The second-order valence-corrected chi connectivity index (χ2v) is 4.22. The Balaban J connectivity index is 2.27. The Bertz CT molecular complexity index is 485. The van der Waals surface area contributed by atoms with Gasteiger partial charge in [-0.25, -0.2) is 0 Å². The van der Waals surface area contributed by atoms with E-state index in [0.29, 0.717) is 6.42 Å². The molecule has 1 unspecified atom stereocenters. The van der Waals surface area contributed by atoms with Crippen LogP contribution in [0.4, 0.5) is 5.69 Å². The van der Waals surface area contributed by atoms with Gasteiger partial charge in [0.2, 0.25) is 5.91 Å². The minimum absolute atomic E-state index is 0.0453. The molecule has 0 aliphatic carbocycles. The number of amides is 1. The van der Waals surface area contributed by atoms with Gasteiger partial charge in [-0.2, -0.15) is 0 Å². The number of nitrogens with zero attached hydrogens (tertiary/aromatic N) is 1. The van der Waals surface area contributed by atoms with E-state index in [-0.39, 0.29) is 12.3 Å². The molecule has 0 saturated carbocycles. The van der Waals surface area contributed by atoms with Crippen LogP contribution in [0.15, 0.2) is 18.2 Å². The fourth-order valence-electron chi connectivity index (χ4n) is 2.03. The summed E-state index contributed by atoms with van der Waals surface area (Å²) in [6, 6.07) is 4.89. The zero-order valence-electron chi connectivity index (χ0n) is 9.51. The van der Waals surface area contributed by atoms with E-state index in [0.717, 1.165) is 16.8 Å². The van der Waals surface area contributed by atoms with Crippen molar-refractivity contribution in [2.45, 2.75) is 18.9 Å². The average Bonchev–Trinajstić information content (AvgIpc) is 2.53. The number of aliphatic carboxylic acids is 1. The molecule has 0 bridgehead atoms. The first-order valence-electron chi connectivity index (χ1n) is 5.36. The number of anilines is 1. The van der Waals surface area contributed by atoms with Crippen molar-refractivity contribution >= 4 is 17.6 Å². The van der Waals surface area contributed by atoms with E-state index in [9.17, 15) is 9.59 Å². The Labute approximate surface area is 98.8 Å². The number of carboxylic acids is 1. The highest BCUT2D eigenvalue weighted by atomic mass is 16.4. The molecule has 2 rings (SSSR count). The number of hydrogen-bond acceptors (Lipinski definition) is 3. The van der Waals surface area contributed by atoms with Crippen LogP contribution in [0.1, 0.15) is 23.6 Å². The van der Waals surface area contributed by atoms with Gasteiger partial charge in [-0.1, -0.05) is 12.1 Å². The molecule has 0 spiro atoms. The topological polar surface area (TPSA) is 83.6 Å². The van der Waals surface area contributed by atoms with Gasteiger partial charge >= 0.3 is 5.97 Å². The summed E-state index contributed by atoms with van der Waals surface area (Å²) in [5.41, 5.74) is 8.33. The Morgan fingerprint density at radius 2 is 2.29 bits per heavy atom. The van der Waals surface area contributed by atoms with E-state index in [1.165, 1.54) is 0 Å². The van der Waals surface area contributed by atoms with Crippen LogP contribution in [-0.2, 0) is 16.0 Å². The van der Waals surface area contributed by atoms with Crippen molar-refractivity contribution in [1.29, 1.82) is 0 Å². The smallest absolute Gasteiger partial charge is 0.305 e. The molecule has 1 aromatic carbocycles. The molecular formula is C12H14N2O3. The molecule has 0 aromatic heterocycles. The van der Waals surface area contributed by atoms with E-state index < -0.39 is 12.0 Å². The number of fused-ring (bicyclic) bond motifs is 1. The van der Waals surface area contributed by atoms with Gasteiger partial charge in [-0.05, 0) is 17.2 Å². The van der Waals surface area contributed by atoms with Crippen LogP contribution >= 0.6 is 0 Å². The third-order valence-corrected chi connectivity index (χ3v) is 3.00. The van der Waals surface area contributed by atoms with Crippen molar-refractivity contribution in [2.24, 2.45) is 5.73 Å². The highest BCUT2D eigenvalue weighted by Crippen LogP contribution is 2.30. The molecule has 1 aromatic rings. The summed E-state index contributed by atoms with van der Waals surface area (Å²) >= 11 is 0. The van der Waals surface area contributed by atoms with E-state index in [1.807, 2.05) is 12.1 Å². The predicted octanol–water partition coefficient (Wildman–Crippen LogP) is 0.680. The lowest BCUT2D eigenvalue weighted by molar-refractivity contribution is -0.137. The summed E-state index contributed by atoms with van der Waals surface area (Å²) in [5, 5.41) is 8.68. The zero-order valence-corrected chi connectivity index (χ0v) is 9.51. The minimum atomic E-state index is -0.925. The molecule has 0 radical (unpaired) electrons. The average molecular weight is 234 g/mol. The first-order valence-corrected chi connectivity index (χ1v) is 5.36. The molecule has 17 heavy (non-hydrogen) atoms. The Morgan fingerprint density at radius 1 is 1.59 bits per heavy atom. The molecule has 1 atom stereocenters. The van der Waals surface area contributed by atoms with Crippen molar-refractivity contribution in [3.05, 3.63) is 29.3 Å². The maximum absolute atomic E-state index is 11.5. The highest BCUT2D eigenvalue weighted by Gasteiger charge is 2.24. The Hall–Kier alpha value is -1.88. The first-order chi connectivity index (χ1) is 7.99. The lowest BCUT2D eigenvalue weighted by Crippen LogP contribution is -2.20. The van der Waals surface area contributed by atoms with E-state index in [1.54, 1.807) is 18.0 Å². The SMILES string of the molecule is CN1C(=O)Cc2cc(C(N)CC(=O)O)ccc21. The molecular weight excluding hydrogens is 220 g/mol. The van der Waals surface area contributed by atoms with Gasteiger partial charge in [0, 0.05) is 18.8 Å². The summed E-state index contributed by atoms with van der Waals surface area (Å²) < 4.78 is 0. The first kappa shape index (κ1) is 11.6. The van der Waals surface area contributed by atoms with Crippen LogP contribution in [0.3, 0.4) is 0 Å². The van der Waals surface area contributed by atoms with Gasteiger partial charge in [0.1, 0.15) is 0 Å². The van der Waals surface area contributed by atoms with Gasteiger partial charge in [-0.15, -0.1) is 0 Å². The van der Waals surface area contributed by atoms with Crippen LogP contribution in [0.5, 0.6) is 0 Å². The lowest BCUT2D eigenvalue weighted by atomic mass is 10.0.